The third kappa shape index (κ3) is 5.76. The monoisotopic (exact) mass is 288 g/mol. The summed E-state index contributed by atoms with van der Waals surface area (Å²) in [5, 5.41) is 2.85. The van der Waals surface area contributed by atoms with Crippen LogP contribution >= 0.6 is 24.2 Å². The number of halogens is 1. The van der Waals surface area contributed by atoms with Crippen molar-refractivity contribution in [2.24, 2.45) is 11.7 Å². The van der Waals surface area contributed by atoms with Crippen LogP contribution in [-0.4, -0.2) is 24.5 Å². The van der Waals surface area contributed by atoms with Crippen LogP contribution in [0, 0.1) is 5.92 Å². The van der Waals surface area contributed by atoms with E-state index in [9.17, 15) is 4.79 Å². The largest absolute Gasteiger partial charge is 0.330 e. The lowest BCUT2D eigenvalue weighted by atomic mass is 10.1. The summed E-state index contributed by atoms with van der Waals surface area (Å²) in [6, 6.07) is 7.99. The van der Waals surface area contributed by atoms with E-state index in [0.717, 1.165) is 17.9 Å². The summed E-state index contributed by atoms with van der Waals surface area (Å²) in [6.45, 7) is 2.19. The number of nitrogens with one attached hydrogen (secondary N) is 1. The molecule has 0 aromatic heterocycles. The van der Waals surface area contributed by atoms with Crippen LogP contribution in [0.4, 0.5) is 5.69 Å². The van der Waals surface area contributed by atoms with Crippen molar-refractivity contribution in [3.8, 4) is 0 Å². The Balaban J connectivity index is 0.00000289. The molecule has 0 radical (unpaired) electrons. The topological polar surface area (TPSA) is 55.1 Å². The third-order valence-electron chi connectivity index (χ3n) is 2.62. The van der Waals surface area contributed by atoms with E-state index in [2.05, 4.69) is 23.7 Å². The minimum absolute atomic E-state index is 0. The van der Waals surface area contributed by atoms with Gasteiger partial charge in [0.1, 0.15) is 0 Å². The SMILES string of the molecule is CSCCc1ccc(NC(=O)C(C)CN)cc1.Cl. The van der Waals surface area contributed by atoms with Gasteiger partial charge in [-0.05, 0) is 36.1 Å². The summed E-state index contributed by atoms with van der Waals surface area (Å²) in [6.07, 6.45) is 3.16. The number of hydrogen-bond acceptors (Lipinski definition) is 3. The maximum atomic E-state index is 11.6. The van der Waals surface area contributed by atoms with E-state index >= 15 is 0 Å². The van der Waals surface area contributed by atoms with Crippen LogP contribution in [0.25, 0.3) is 0 Å². The summed E-state index contributed by atoms with van der Waals surface area (Å²) in [4.78, 5) is 11.6. The second kappa shape index (κ2) is 9.25. The van der Waals surface area contributed by atoms with Crippen molar-refractivity contribution >= 4 is 35.8 Å². The molecule has 1 atom stereocenters. The lowest BCUT2D eigenvalue weighted by Crippen LogP contribution is -2.26. The van der Waals surface area contributed by atoms with E-state index in [-0.39, 0.29) is 24.2 Å². The van der Waals surface area contributed by atoms with E-state index in [4.69, 9.17) is 5.73 Å². The standard InChI is InChI=1S/C13H20N2OS.ClH/c1-10(9-14)13(16)15-12-5-3-11(4-6-12)7-8-17-2;/h3-6,10H,7-9,14H2,1-2H3,(H,15,16);1H. The minimum Gasteiger partial charge on any atom is -0.330 e. The molecular weight excluding hydrogens is 268 g/mol. The molecule has 0 aliphatic carbocycles. The quantitative estimate of drug-likeness (QED) is 0.846. The van der Waals surface area contributed by atoms with Crippen molar-refractivity contribution in [2.45, 2.75) is 13.3 Å². The first-order chi connectivity index (χ1) is 8.17. The number of carbonyl (C=O) groups excluding carboxylic acids is 1. The summed E-state index contributed by atoms with van der Waals surface area (Å²) < 4.78 is 0. The van der Waals surface area contributed by atoms with Crippen molar-refractivity contribution in [3.63, 3.8) is 0 Å². The highest BCUT2D eigenvalue weighted by molar-refractivity contribution is 7.98. The first-order valence-electron chi connectivity index (χ1n) is 5.76. The van der Waals surface area contributed by atoms with Crippen LogP contribution in [0.15, 0.2) is 24.3 Å². The van der Waals surface area contributed by atoms with Crippen molar-refractivity contribution in [1.82, 2.24) is 0 Å². The molecular formula is C13H21ClN2OS. The number of thioether (sulfide) groups is 1. The Hall–Kier alpha value is -0.710. The molecule has 1 aromatic rings. The summed E-state index contributed by atoms with van der Waals surface area (Å²) in [5.41, 5.74) is 7.57. The van der Waals surface area contributed by atoms with Gasteiger partial charge in [0.15, 0.2) is 0 Å². The van der Waals surface area contributed by atoms with E-state index in [1.54, 1.807) is 0 Å². The molecule has 1 aromatic carbocycles. The second-order valence-corrected chi connectivity index (χ2v) is 5.05. The van der Waals surface area contributed by atoms with Crippen LogP contribution < -0.4 is 11.1 Å². The molecule has 102 valence electrons. The fraction of sp³-hybridized carbons (Fsp3) is 0.462. The Morgan fingerprint density at radius 2 is 2.00 bits per heavy atom. The number of carbonyl (C=O) groups is 1. The van der Waals surface area contributed by atoms with Crippen molar-refractivity contribution in [2.75, 3.05) is 23.9 Å². The van der Waals surface area contributed by atoms with Gasteiger partial charge in [0, 0.05) is 18.2 Å². The van der Waals surface area contributed by atoms with Gasteiger partial charge in [-0.25, -0.2) is 0 Å². The molecule has 3 nitrogen and oxygen atoms in total. The van der Waals surface area contributed by atoms with Crippen LogP contribution in [0.2, 0.25) is 0 Å². The zero-order valence-electron chi connectivity index (χ0n) is 10.8. The van der Waals surface area contributed by atoms with Gasteiger partial charge < -0.3 is 11.1 Å². The first kappa shape index (κ1) is 17.3. The van der Waals surface area contributed by atoms with Crippen molar-refractivity contribution in [3.05, 3.63) is 29.8 Å². The lowest BCUT2D eigenvalue weighted by Gasteiger charge is -2.10. The van der Waals surface area contributed by atoms with Gasteiger partial charge in [-0.15, -0.1) is 12.4 Å². The molecule has 0 aliphatic rings. The van der Waals surface area contributed by atoms with Gasteiger partial charge in [-0.3, -0.25) is 4.79 Å². The lowest BCUT2D eigenvalue weighted by molar-refractivity contribution is -0.119. The molecule has 0 saturated heterocycles. The van der Waals surface area contributed by atoms with Gasteiger partial charge >= 0.3 is 0 Å². The molecule has 0 bridgehead atoms. The van der Waals surface area contributed by atoms with Gasteiger partial charge in [0.25, 0.3) is 0 Å². The summed E-state index contributed by atoms with van der Waals surface area (Å²) >= 11 is 1.83. The fourth-order valence-electron chi connectivity index (χ4n) is 1.35. The number of rotatable bonds is 6. The second-order valence-electron chi connectivity index (χ2n) is 4.07. The Morgan fingerprint density at radius 3 is 2.50 bits per heavy atom. The van der Waals surface area contributed by atoms with Crippen molar-refractivity contribution in [1.29, 1.82) is 0 Å². The number of hydrogen-bond donors (Lipinski definition) is 2. The third-order valence-corrected chi connectivity index (χ3v) is 3.23. The number of anilines is 1. The molecule has 0 spiro atoms. The number of amides is 1. The normalized spacial score (nSPS) is 11.5. The van der Waals surface area contributed by atoms with E-state index < -0.39 is 0 Å². The molecule has 0 heterocycles. The Labute approximate surface area is 119 Å². The Morgan fingerprint density at radius 1 is 1.39 bits per heavy atom. The highest BCUT2D eigenvalue weighted by atomic mass is 35.5. The van der Waals surface area contributed by atoms with Gasteiger partial charge in [-0.2, -0.15) is 11.8 Å². The van der Waals surface area contributed by atoms with E-state index in [1.165, 1.54) is 5.56 Å². The molecule has 1 amide bonds. The van der Waals surface area contributed by atoms with Gasteiger partial charge in [0.2, 0.25) is 5.91 Å². The highest BCUT2D eigenvalue weighted by Gasteiger charge is 2.10. The number of aryl methyl sites for hydroxylation is 1. The molecule has 3 N–H and O–H groups in total. The van der Waals surface area contributed by atoms with Gasteiger partial charge in [0.05, 0.1) is 0 Å². The Bertz CT molecular complexity index is 357. The zero-order chi connectivity index (χ0) is 12.7. The summed E-state index contributed by atoms with van der Waals surface area (Å²) in [7, 11) is 0. The molecule has 0 saturated carbocycles. The highest BCUT2D eigenvalue weighted by Crippen LogP contribution is 2.12. The van der Waals surface area contributed by atoms with Crippen LogP contribution in [0.1, 0.15) is 12.5 Å². The van der Waals surface area contributed by atoms with Gasteiger partial charge in [-0.1, -0.05) is 19.1 Å². The van der Waals surface area contributed by atoms with E-state index in [0.29, 0.717) is 6.54 Å². The number of benzene rings is 1. The molecule has 5 heteroatoms. The first-order valence-corrected chi connectivity index (χ1v) is 7.15. The maximum absolute atomic E-state index is 11.6. The average molecular weight is 289 g/mol. The zero-order valence-corrected chi connectivity index (χ0v) is 12.4. The maximum Gasteiger partial charge on any atom is 0.228 e. The minimum atomic E-state index is -0.147. The predicted octanol–water partition coefficient (Wildman–Crippen LogP) is 2.55. The smallest absolute Gasteiger partial charge is 0.228 e. The summed E-state index contributed by atoms with van der Waals surface area (Å²) in [5.74, 6) is 0.950. The van der Waals surface area contributed by atoms with Crippen LogP contribution in [0.5, 0.6) is 0 Å². The average Bonchev–Trinajstić information content (AvgIpc) is 2.37. The number of nitrogens with two attached hydrogens (primary N) is 1. The fourth-order valence-corrected chi connectivity index (χ4v) is 1.79. The molecule has 0 aliphatic heterocycles. The van der Waals surface area contributed by atoms with E-state index in [1.807, 2.05) is 30.8 Å². The molecule has 18 heavy (non-hydrogen) atoms. The van der Waals surface area contributed by atoms with Crippen LogP contribution in [-0.2, 0) is 11.2 Å². The van der Waals surface area contributed by atoms with Crippen LogP contribution in [0.3, 0.4) is 0 Å². The predicted molar refractivity (Wildman–Crippen MR) is 82.6 cm³/mol. The Kier molecular flexibility index (Phi) is 8.89. The van der Waals surface area contributed by atoms with Crippen molar-refractivity contribution < 1.29 is 4.79 Å². The molecule has 1 rings (SSSR count). The molecule has 0 fully saturated rings. The molecule has 1 unspecified atom stereocenters.